The number of hydrogen-bond acceptors (Lipinski definition) is 5. The molecule has 0 unspecified atom stereocenters. The monoisotopic (exact) mass is 354 g/mol. The van der Waals surface area contributed by atoms with E-state index in [0.717, 1.165) is 11.4 Å². The van der Waals surface area contributed by atoms with Gasteiger partial charge in [-0.3, -0.25) is 5.10 Å². The molecule has 0 aliphatic rings. The van der Waals surface area contributed by atoms with Gasteiger partial charge in [-0.05, 0) is 36.8 Å². The fraction of sp³-hybridized carbons (Fsp3) is 0.400. The number of benzene rings is 1. The maximum absolute atomic E-state index is 6.25. The predicted octanol–water partition coefficient (Wildman–Crippen LogP) is 4.01. The number of aromatic amines is 1. The molecular formula is C15H19ClN4O2S. The number of nitrogens with zero attached hydrogens (tertiary/aromatic N) is 3. The number of halogens is 1. The molecule has 1 heterocycles. The van der Waals surface area contributed by atoms with E-state index >= 15 is 0 Å². The number of ether oxygens (including phenoxy) is 2. The zero-order valence-electron chi connectivity index (χ0n) is 13.5. The molecule has 1 aromatic carbocycles. The Bertz CT molecular complexity index is 767. The van der Waals surface area contributed by atoms with Crippen molar-refractivity contribution in [3.05, 3.63) is 33.3 Å². The van der Waals surface area contributed by atoms with Crippen molar-refractivity contribution in [3.8, 4) is 11.5 Å². The van der Waals surface area contributed by atoms with E-state index in [0.29, 0.717) is 27.9 Å². The molecule has 0 amide bonds. The van der Waals surface area contributed by atoms with Gasteiger partial charge >= 0.3 is 0 Å². The summed E-state index contributed by atoms with van der Waals surface area (Å²) in [5.41, 5.74) is 0.771. The van der Waals surface area contributed by atoms with Gasteiger partial charge in [0.05, 0.1) is 25.0 Å². The number of H-pyrrole nitrogens is 1. The van der Waals surface area contributed by atoms with E-state index in [1.165, 1.54) is 0 Å². The molecule has 0 saturated carbocycles. The van der Waals surface area contributed by atoms with Gasteiger partial charge in [-0.2, -0.15) is 14.9 Å². The molecule has 0 saturated heterocycles. The summed E-state index contributed by atoms with van der Waals surface area (Å²) >= 11 is 11.5. The third kappa shape index (κ3) is 3.92. The predicted molar refractivity (Wildman–Crippen MR) is 93.7 cm³/mol. The van der Waals surface area contributed by atoms with Gasteiger partial charge < -0.3 is 9.47 Å². The quantitative estimate of drug-likeness (QED) is 0.629. The first-order chi connectivity index (χ1) is 11.0. The highest BCUT2D eigenvalue weighted by Gasteiger charge is 2.12. The van der Waals surface area contributed by atoms with E-state index in [-0.39, 0.29) is 5.92 Å². The fourth-order valence-electron chi connectivity index (χ4n) is 2.01. The molecule has 0 atom stereocenters. The Hall–Kier alpha value is -1.86. The molecule has 0 fully saturated rings. The Kier molecular flexibility index (Phi) is 5.79. The minimum Gasteiger partial charge on any atom is -0.493 e. The van der Waals surface area contributed by atoms with Crippen LogP contribution in [0.2, 0.25) is 5.02 Å². The summed E-state index contributed by atoms with van der Waals surface area (Å²) in [7, 11) is 1.57. The summed E-state index contributed by atoms with van der Waals surface area (Å²) in [4.78, 5) is 0. The van der Waals surface area contributed by atoms with Crippen LogP contribution in [0.1, 0.15) is 38.1 Å². The molecule has 8 heteroatoms. The van der Waals surface area contributed by atoms with Gasteiger partial charge in [0.2, 0.25) is 4.77 Å². The minimum atomic E-state index is 0.193. The number of hydrogen-bond donors (Lipinski definition) is 1. The van der Waals surface area contributed by atoms with Crippen molar-refractivity contribution in [2.24, 2.45) is 5.10 Å². The summed E-state index contributed by atoms with van der Waals surface area (Å²) in [5.74, 6) is 2.03. The molecule has 124 valence electrons. The van der Waals surface area contributed by atoms with Crippen molar-refractivity contribution in [1.29, 1.82) is 0 Å². The summed E-state index contributed by atoms with van der Waals surface area (Å²) in [6.07, 6.45) is 1.65. The van der Waals surface area contributed by atoms with Crippen LogP contribution >= 0.6 is 23.8 Å². The Labute approximate surface area is 145 Å². The van der Waals surface area contributed by atoms with Crippen molar-refractivity contribution in [2.75, 3.05) is 13.7 Å². The molecule has 0 radical (unpaired) electrons. The van der Waals surface area contributed by atoms with Crippen LogP contribution in [-0.4, -0.2) is 34.8 Å². The van der Waals surface area contributed by atoms with Crippen LogP contribution in [0.4, 0.5) is 0 Å². The summed E-state index contributed by atoms with van der Waals surface area (Å²) in [6.45, 7) is 6.44. The largest absolute Gasteiger partial charge is 0.493 e. The van der Waals surface area contributed by atoms with Crippen molar-refractivity contribution in [1.82, 2.24) is 14.9 Å². The zero-order valence-corrected chi connectivity index (χ0v) is 15.0. The second kappa shape index (κ2) is 7.61. The van der Waals surface area contributed by atoms with Crippen molar-refractivity contribution >= 4 is 30.0 Å². The van der Waals surface area contributed by atoms with Crippen molar-refractivity contribution < 1.29 is 9.47 Å². The highest BCUT2D eigenvalue weighted by atomic mass is 35.5. The lowest BCUT2D eigenvalue weighted by Crippen LogP contribution is -2.01. The molecular weight excluding hydrogens is 336 g/mol. The highest BCUT2D eigenvalue weighted by molar-refractivity contribution is 7.71. The second-order valence-electron chi connectivity index (χ2n) is 5.07. The van der Waals surface area contributed by atoms with Crippen LogP contribution in [0.25, 0.3) is 0 Å². The van der Waals surface area contributed by atoms with E-state index < -0.39 is 0 Å². The SMILES string of the molecule is CCOc1c(Cl)cc(/C=N\n2c(C(C)C)n[nH]c2=S)cc1OC. The normalized spacial score (nSPS) is 11.4. The smallest absolute Gasteiger partial charge is 0.216 e. The lowest BCUT2D eigenvalue weighted by atomic mass is 10.2. The van der Waals surface area contributed by atoms with Crippen LogP contribution < -0.4 is 9.47 Å². The van der Waals surface area contributed by atoms with Crippen LogP contribution in [0.5, 0.6) is 11.5 Å². The third-order valence-corrected chi connectivity index (χ3v) is 3.60. The number of nitrogens with one attached hydrogen (secondary N) is 1. The van der Waals surface area contributed by atoms with Gasteiger partial charge in [-0.25, -0.2) is 0 Å². The second-order valence-corrected chi connectivity index (χ2v) is 5.86. The molecule has 2 aromatic rings. The van der Waals surface area contributed by atoms with Crippen LogP contribution in [-0.2, 0) is 0 Å². The van der Waals surface area contributed by atoms with Crippen LogP contribution in [0.3, 0.4) is 0 Å². The van der Waals surface area contributed by atoms with Crippen LogP contribution in [0.15, 0.2) is 17.2 Å². The Balaban J connectivity index is 2.39. The Morgan fingerprint density at radius 2 is 2.22 bits per heavy atom. The first kappa shape index (κ1) is 17.5. The first-order valence-corrected chi connectivity index (χ1v) is 7.98. The van der Waals surface area contributed by atoms with Crippen molar-refractivity contribution in [2.45, 2.75) is 26.7 Å². The molecule has 1 aromatic heterocycles. The van der Waals surface area contributed by atoms with Gasteiger partial charge in [0.15, 0.2) is 17.3 Å². The van der Waals surface area contributed by atoms with E-state index in [9.17, 15) is 0 Å². The molecule has 6 nitrogen and oxygen atoms in total. The van der Waals surface area contributed by atoms with E-state index in [1.807, 2.05) is 20.8 Å². The fourth-order valence-corrected chi connectivity index (χ4v) is 2.47. The number of methoxy groups -OCH3 is 1. The summed E-state index contributed by atoms with van der Waals surface area (Å²) in [6, 6.07) is 3.57. The average Bonchev–Trinajstić information content (AvgIpc) is 2.88. The zero-order chi connectivity index (χ0) is 17.0. The standard InChI is InChI=1S/C15H19ClN4O2S/c1-5-22-13-11(16)6-10(7-12(13)21-4)8-17-20-14(9(2)3)18-19-15(20)23/h6-9H,5H2,1-4H3,(H,19,23)/b17-8-. The van der Waals surface area contributed by atoms with Gasteiger partial charge in [0.1, 0.15) is 0 Å². The van der Waals surface area contributed by atoms with E-state index in [1.54, 1.807) is 30.1 Å². The Morgan fingerprint density at radius 1 is 1.48 bits per heavy atom. The van der Waals surface area contributed by atoms with E-state index in [4.69, 9.17) is 33.3 Å². The van der Waals surface area contributed by atoms with Gasteiger partial charge in [0.25, 0.3) is 0 Å². The maximum Gasteiger partial charge on any atom is 0.216 e. The first-order valence-electron chi connectivity index (χ1n) is 7.19. The minimum absolute atomic E-state index is 0.193. The molecule has 0 bridgehead atoms. The molecule has 1 N–H and O–H groups in total. The average molecular weight is 355 g/mol. The van der Waals surface area contributed by atoms with Crippen molar-refractivity contribution in [3.63, 3.8) is 0 Å². The summed E-state index contributed by atoms with van der Waals surface area (Å²) in [5, 5.41) is 11.8. The summed E-state index contributed by atoms with van der Waals surface area (Å²) < 4.78 is 12.9. The molecule has 0 aliphatic carbocycles. The van der Waals surface area contributed by atoms with Gasteiger partial charge in [-0.1, -0.05) is 25.4 Å². The molecule has 23 heavy (non-hydrogen) atoms. The highest BCUT2D eigenvalue weighted by Crippen LogP contribution is 2.36. The third-order valence-electron chi connectivity index (χ3n) is 3.05. The van der Waals surface area contributed by atoms with Gasteiger partial charge in [-0.15, -0.1) is 0 Å². The van der Waals surface area contributed by atoms with Crippen LogP contribution in [0, 0.1) is 4.77 Å². The lowest BCUT2D eigenvalue weighted by molar-refractivity contribution is 0.311. The lowest BCUT2D eigenvalue weighted by Gasteiger charge is -2.11. The Morgan fingerprint density at radius 3 is 2.83 bits per heavy atom. The molecule has 2 rings (SSSR count). The molecule has 0 spiro atoms. The van der Waals surface area contributed by atoms with Gasteiger partial charge in [0, 0.05) is 5.92 Å². The molecule has 0 aliphatic heterocycles. The number of rotatable bonds is 6. The topological polar surface area (TPSA) is 64.4 Å². The van der Waals surface area contributed by atoms with E-state index in [2.05, 4.69) is 15.3 Å². The maximum atomic E-state index is 6.25. The number of aromatic nitrogens is 3.